The number of alkyl halides is 2. The number of nitrogens with zero attached hydrogens (tertiary/aromatic N) is 1. The van der Waals surface area contributed by atoms with Crippen LogP contribution in [0.3, 0.4) is 0 Å². The van der Waals surface area contributed by atoms with Crippen molar-refractivity contribution in [3.8, 4) is 11.6 Å². The molecule has 5 nitrogen and oxygen atoms in total. The number of aromatic nitrogens is 1. The van der Waals surface area contributed by atoms with Gasteiger partial charge in [-0.25, -0.2) is 13.8 Å². The maximum absolute atomic E-state index is 12.5. The highest BCUT2D eigenvalue weighted by molar-refractivity contribution is 5.72. The Kier molecular flexibility index (Phi) is 4.19. The highest BCUT2D eigenvalue weighted by Crippen LogP contribution is 2.32. The lowest BCUT2D eigenvalue weighted by molar-refractivity contribution is -0.139. The first-order valence-corrected chi connectivity index (χ1v) is 4.61. The number of ether oxygens (including phenoxy) is 2. The topological polar surface area (TPSA) is 68.7 Å². The van der Waals surface area contributed by atoms with Crippen molar-refractivity contribution < 1.29 is 28.2 Å². The zero-order valence-electron chi connectivity index (χ0n) is 9.24. The second-order valence-corrected chi connectivity index (χ2v) is 3.11. The van der Waals surface area contributed by atoms with Crippen LogP contribution in [0, 0.1) is 0 Å². The number of hydrogen-bond donors (Lipinski definition) is 1. The number of halogens is 2. The van der Waals surface area contributed by atoms with Crippen LogP contribution < -0.4 is 4.74 Å². The largest absolute Gasteiger partial charge is 0.506 e. The fourth-order valence-electron chi connectivity index (χ4n) is 1.20. The van der Waals surface area contributed by atoms with Gasteiger partial charge in [-0.05, 0) is 6.07 Å². The maximum Gasteiger partial charge on any atom is 0.311 e. The summed E-state index contributed by atoms with van der Waals surface area (Å²) in [4.78, 5) is 14.6. The van der Waals surface area contributed by atoms with E-state index in [1.165, 1.54) is 14.2 Å². The minimum atomic E-state index is -2.82. The van der Waals surface area contributed by atoms with Gasteiger partial charge in [-0.2, -0.15) is 0 Å². The van der Waals surface area contributed by atoms with Gasteiger partial charge in [-0.1, -0.05) is 0 Å². The van der Waals surface area contributed by atoms with Crippen molar-refractivity contribution in [3.63, 3.8) is 0 Å². The number of esters is 1. The van der Waals surface area contributed by atoms with Crippen molar-refractivity contribution in [3.05, 3.63) is 17.3 Å². The van der Waals surface area contributed by atoms with Gasteiger partial charge >= 0.3 is 5.97 Å². The van der Waals surface area contributed by atoms with Crippen molar-refractivity contribution in [2.24, 2.45) is 0 Å². The van der Waals surface area contributed by atoms with Crippen LogP contribution in [0.25, 0.3) is 0 Å². The molecule has 0 fully saturated rings. The molecule has 0 aliphatic heterocycles. The molecule has 1 rings (SSSR count). The van der Waals surface area contributed by atoms with E-state index < -0.39 is 23.7 Å². The quantitative estimate of drug-likeness (QED) is 0.815. The predicted molar refractivity (Wildman–Crippen MR) is 53.1 cm³/mol. The average molecular weight is 247 g/mol. The predicted octanol–water partition coefficient (Wildman–Crippen LogP) is 1.45. The molecular formula is C10H11F2NO4. The monoisotopic (exact) mass is 247 g/mol. The molecule has 17 heavy (non-hydrogen) atoms. The van der Waals surface area contributed by atoms with Gasteiger partial charge in [0.1, 0.15) is 5.75 Å². The lowest BCUT2D eigenvalue weighted by atomic mass is 10.2. The first-order chi connectivity index (χ1) is 7.99. The molecule has 0 aliphatic rings. The molecule has 7 heteroatoms. The molecular weight excluding hydrogens is 236 g/mol. The lowest BCUT2D eigenvalue weighted by Gasteiger charge is -2.10. The van der Waals surface area contributed by atoms with E-state index in [0.717, 1.165) is 6.07 Å². The summed E-state index contributed by atoms with van der Waals surface area (Å²) in [7, 11) is 2.34. The van der Waals surface area contributed by atoms with Gasteiger partial charge in [-0.15, -0.1) is 0 Å². The molecule has 1 heterocycles. The van der Waals surface area contributed by atoms with Crippen molar-refractivity contribution in [2.45, 2.75) is 12.8 Å². The first-order valence-electron chi connectivity index (χ1n) is 4.61. The fourth-order valence-corrected chi connectivity index (χ4v) is 1.20. The van der Waals surface area contributed by atoms with Gasteiger partial charge in [0.25, 0.3) is 6.43 Å². The van der Waals surface area contributed by atoms with Gasteiger partial charge < -0.3 is 14.6 Å². The summed E-state index contributed by atoms with van der Waals surface area (Å²) in [5, 5.41) is 9.45. The summed E-state index contributed by atoms with van der Waals surface area (Å²) in [5.41, 5.74) is -0.600. The minimum Gasteiger partial charge on any atom is -0.506 e. The summed E-state index contributed by atoms with van der Waals surface area (Å²) >= 11 is 0. The van der Waals surface area contributed by atoms with E-state index in [9.17, 15) is 18.7 Å². The number of aromatic hydroxyl groups is 1. The Bertz CT molecular complexity index is 423. The third-order valence-electron chi connectivity index (χ3n) is 2.04. The van der Waals surface area contributed by atoms with Crippen LogP contribution in [0.15, 0.2) is 6.07 Å². The highest BCUT2D eigenvalue weighted by atomic mass is 19.3. The Morgan fingerprint density at radius 1 is 1.53 bits per heavy atom. The molecule has 1 N–H and O–H groups in total. The van der Waals surface area contributed by atoms with Crippen LogP contribution >= 0.6 is 0 Å². The standard InChI is InChI=1S/C10H11F2NO4/c1-16-8(15)4-6-7(14)3-5(9(11)12)10(13-6)17-2/h3,9,14H,4H2,1-2H3. The van der Waals surface area contributed by atoms with E-state index in [-0.39, 0.29) is 18.0 Å². The van der Waals surface area contributed by atoms with Crippen LogP contribution in [0.2, 0.25) is 0 Å². The first kappa shape index (κ1) is 13.1. The zero-order valence-corrected chi connectivity index (χ0v) is 9.24. The molecule has 0 amide bonds. The van der Waals surface area contributed by atoms with Gasteiger partial charge in [0.15, 0.2) is 0 Å². The number of pyridine rings is 1. The van der Waals surface area contributed by atoms with Gasteiger partial charge in [0.2, 0.25) is 5.88 Å². The molecule has 0 spiro atoms. The summed E-state index contributed by atoms with van der Waals surface area (Å²) in [6, 6.07) is 0.828. The number of methoxy groups -OCH3 is 2. The average Bonchev–Trinajstić information content (AvgIpc) is 2.30. The smallest absolute Gasteiger partial charge is 0.311 e. The van der Waals surface area contributed by atoms with Crippen LogP contribution in [0.5, 0.6) is 11.6 Å². The molecule has 0 unspecified atom stereocenters. The Balaban J connectivity index is 3.13. The highest BCUT2D eigenvalue weighted by Gasteiger charge is 2.20. The summed E-state index contributed by atoms with van der Waals surface area (Å²) < 4.78 is 34.1. The normalized spacial score (nSPS) is 10.4. The second kappa shape index (κ2) is 5.42. The Hall–Kier alpha value is -1.92. The van der Waals surface area contributed by atoms with Gasteiger partial charge in [-0.3, -0.25) is 4.79 Å². The molecule has 0 radical (unpaired) electrons. The molecule has 1 aromatic rings. The summed E-state index contributed by atoms with van der Waals surface area (Å²) in [6.45, 7) is 0. The second-order valence-electron chi connectivity index (χ2n) is 3.11. The van der Waals surface area contributed by atoms with Crippen LogP contribution in [0.1, 0.15) is 17.7 Å². The molecule has 0 aliphatic carbocycles. The fraction of sp³-hybridized carbons (Fsp3) is 0.400. The van der Waals surface area contributed by atoms with E-state index in [1.54, 1.807) is 0 Å². The lowest BCUT2D eigenvalue weighted by Crippen LogP contribution is -2.08. The Labute approximate surface area is 96.0 Å². The summed E-state index contributed by atoms with van der Waals surface area (Å²) in [5.74, 6) is -1.46. The number of hydrogen-bond acceptors (Lipinski definition) is 5. The third kappa shape index (κ3) is 3.02. The number of carbonyl (C=O) groups excluding carboxylic acids is 1. The van der Waals surface area contributed by atoms with Crippen LogP contribution in [0.4, 0.5) is 8.78 Å². The molecule has 0 saturated carbocycles. The molecule has 0 aromatic carbocycles. The van der Waals surface area contributed by atoms with Gasteiger partial charge in [0, 0.05) is 0 Å². The zero-order chi connectivity index (χ0) is 13.0. The number of carbonyl (C=O) groups is 1. The third-order valence-corrected chi connectivity index (χ3v) is 2.04. The van der Waals surface area contributed by atoms with Crippen LogP contribution in [-0.2, 0) is 16.0 Å². The van der Waals surface area contributed by atoms with Crippen molar-refractivity contribution >= 4 is 5.97 Å². The Morgan fingerprint density at radius 2 is 2.18 bits per heavy atom. The van der Waals surface area contributed by atoms with Crippen molar-refractivity contribution in [1.82, 2.24) is 4.98 Å². The van der Waals surface area contributed by atoms with E-state index >= 15 is 0 Å². The van der Waals surface area contributed by atoms with Gasteiger partial charge in [0.05, 0.1) is 31.9 Å². The van der Waals surface area contributed by atoms with Crippen LogP contribution in [-0.4, -0.2) is 30.3 Å². The SMILES string of the molecule is COC(=O)Cc1nc(OC)c(C(F)F)cc1O. The summed E-state index contributed by atoms with van der Waals surface area (Å²) in [6.07, 6.45) is -3.14. The molecule has 0 bridgehead atoms. The molecule has 0 saturated heterocycles. The van der Waals surface area contributed by atoms with Crippen molar-refractivity contribution in [1.29, 1.82) is 0 Å². The van der Waals surface area contributed by atoms with E-state index in [0.29, 0.717) is 0 Å². The van der Waals surface area contributed by atoms with E-state index in [1.807, 2.05) is 0 Å². The Morgan fingerprint density at radius 3 is 2.65 bits per heavy atom. The van der Waals surface area contributed by atoms with Crippen molar-refractivity contribution in [2.75, 3.05) is 14.2 Å². The maximum atomic E-state index is 12.5. The minimum absolute atomic E-state index is 0.0712. The molecule has 0 atom stereocenters. The number of rotatable bonds is 4. The van der Waals surface area contributed by atoms with E-state index in [2.05, 4.69) is 14.5 Å². The molecule has 94 valence electrons. The van der Waals surface area contributed by atoms with E-state index in [4.69, 9.17) is 0 Å². The molecule has 1 aromatic heterocycles.